The van der Waals surface area contributed by atoms with Gasteiger partial charge in [0, 0.05) is 43.0 Å². The smallest absolute Gasteiger partial charge is 0.263 e. The number of para-hydroxylation sites is 1. The third-order valence-corrected chi connectivity index (χ3v) is 5.86. The van der Waals surface area contributed by atoms with E-state index in [1.54, 1.807) is 0 Å². The lowest BCUT2D eigenvalue weighted by atomic mass is 10.0. The second-order valence-electron chi connectivity index (χ2n) is 7.44. The van der Waals surface area contributed by atoms with Crippen molar-refractivity contribution < 1.29 is 14.4 Å². The number of hydrogen-bond acceptors (Lipinski definition) is 7. The molecule has 2 heterocycles. The van der Waals surface area contributed by atoms with E-state index in [-0.39, 0.29) is 12.3 Å². The first-order valence-electron chi connectivity index (χ1n) is 10.8. The normalized spacial score (nSPS) is 11.7. The lowest BCUT2D eigenvalue weighted by Gasteiger charge is -2.18. The molecule has 0 aliphatic rings. The summed E-state index contributed by atoms with van der Waals surface area (Å²) in [5.74, 6) is -1.20. The fraction of sp³-hybridized carbons (Fsp3) is 0.364. The summed E-state index contributed by atoms with van der Waals surface area (Å²) in [5, 5.41) is 10.5. The number of rotatable bonds is 11. The molecule has 0 saturated carbocycles. The molecule has 6 N–H and O–H groups in total. The summed E-state index contributed by atoms with van der Waals surface area (Å²) in [6, 6.07) is 6.83. The molecule has 1 atom stereocenters. The number of carbonyl (C=O) groups is 3. The van der Waals surface area contributed by atoms with Crippen molar-refractivity contribution in [2.24, 2.45) is 0 Å². The fourth-order valence-electron chi connectivity index (χ4n) is 3.22. The van der Waals surface area contributed by atoms with Crippen molar-refractivity contribution in [3.63, 3.8) is 0 Å². The van der Waals surface area contributed by atoms with Gasteiger partial charge in [0.2, 0.25) is 5.91 Å². The Hall–Kier alpha value is -3.44. The van der Waals surface area contributed by atoms with Gasteiger partial charge in [0.15, 0.2) is 5.13 Å². The first kappa shape index (κ1) is 24.2. The van der Waals surface area contributed by atoms with E-state index in [9.17, 15) is 14.4 Å². The zero-order chi connectivity index (χ0) is 23.6. The van der Waals surface area contributed by atoms with Crippen LogP contribution in [0.5, 0.6) is 0 Å². The SMILES string of the molecule is CCCC(=O)NNC(=O)C(Cc1c[nH]c2ccccc12)NC(=O)c1cnc(NCCNC)s1. The Balaban J connectivity index is 1.72. The van der Waals surface area contributed by atoms with Gasteiger partial charge in [-0.15, -0.1) is 0 Å². The molecule has 11 heteroatoms. The number of nitrogens with zero attached hydrogens (tertiary/aromatic N) is 1. The maximum atomic E-state index is 12.9. The first-order chi connectivity index (χ1) is 16.0. The summed E-state index contributed by atoms with van der Waals surface area (Å²) in [6.07, 6.45) is 4.50. The summed E-state index contributed by atoms with van der Waals surface area (Å²) < 4.78 is 0. The summed E-state index contributed by atoms with van der Waals surface area (Å²) >= 11 is 1.21. The van der Waals surface area contributed by atoms with Crippen LogP contribution in [0, 0.1) is 0 Å². The highest BCUT2D eigenvalue weighted by molar-refractivity contribution is 7.17. The lowest BCUT2D eigenvalue weighted by Crippen LogP contribution is -2.53. The van der Waals surface area contributed by atoms with Crippen LogP contribution in [0.2, 0.25) is 0 Å². The number of nitrogens with one attached hydrogen (secondary N) is 6. The van der Waals surface area contributed by atoms with Crippen molar-refractivity contribution in [3.8, 4) is 0 Å². The van der Waals surface area contributed by atoms with Gasteiger partial charge in [0.05, 0.1) is 6.20 Å². The van der Waals surface area contributed by atoms with Crippen molar-refractivity contribution in [3.05, 3.63) is 47.1 Å². The number of hydrazine groups is 1. The van der Waals surface area contributed by atoms with E-state index in [1.165, 1.54) is 17.5 Å². The summed E-state index contributed by atoms with van der Waals surface area (Å²) in [4.78, 5) is 45.3. The van der Waals surface area contributed by atoms with E-state index in [4.69, 9.17) is 0 Å². The maximum absolute atomic E-state index is 12.9. The number of anilines is 1. The molecule has 10 nitrogen and oxygen atoms in total. The summed E-state index contributed by atoms with van der Waals surface area (Å²) in [6.45, 7) is 3.31. The van der Waals surface area contributed by atoms with Gasteiger partial charge in [0.25, 0.3) is 11.8 Å². The van der Waals surface area contributed by atoms with E-state index in [0.717, 1.165) is 23.0 Å². The van der Waals surface area contributed by atoms with Crippen LogP contribution in [0.1, 0.15) is 35.0 Å². The second-order valence-corrected chi connectivity index (χ2v) is 8.47. The number of benzene rings is 1. The standard InChI is InChI=1S/C22H29N7O3S/c1-3-6-19(30)28-29-20(31)17(11-14-12-25-16-8-5-4-7-15(14)16)27-21(32)18-13-26-22(33-18)24-10-9-23-2/h4-5,7-8,12-13,17,23,25H,3,6,9-11H2,1-2H3,(H,24,26)(H,27,32)(H,28,30)(H,29,31). The Bertz CT molecular complexity index is 1090. The van der Waals surface area contributed by atoms with E-state index >= 15 is 0 Å². The number of aromatic amines is 1. The highest BCUT2D eigenvalue weighted by Gasteiger charge is 2.24. The predicted molar refractivity (Wildman–Crippen MR) is 129 cm³/mol. The molecule has 0 spiro atoms. The number of H-pyrrole nitrogens is 1. The molecule has 0 radical (unpaired) electrons. The van der Waals surface area contributed by atoms with Gasteiger partial charge in [-0.1, -0.05) is 36.5 Å². The van der Waals surface area contributed by atoms with Gasteiger partial charge in [0.1, 0.15) is 10.9 Å². The number of fused-ring (bicyclic) bond motifs is 1. The van der Waals surface area contributed by atoms with Gasteiger partial charge in [-0.05, 0) is 25.1 Å². The van der Waals surface area contributed by atoms with E-state index in [2.05, 4.69) is 36.8 Å². The van der Waals surface area contributed by atoms with Crippen LogP contribution < -0.4 is 26.8 Å². The number of aromatic nitrogens is 2. The molecule has 1 aromatic carbocycles. The molecular formula is C22H29N7O3S. The Morgan fingerprint density at radius 2 is 1.97 bits per heavy atom. The summed E-state index contributed by atoms with van der Waals surface area (Å²) in [5.41, 5.74) is 6.65. The van der Waals surface area contributed by atoms with Crippen molar-refractivity contribution in [1.82, 2.24) is 31.5 Å². The van der Waals surface area contributed by atoms with Crippen LogP contribution in [0.25, 0.3) is 10.9 Å². The Morgan fingerprint density at radius 1 is 1.15 bits per heavy atom. The third kappa shape index (κ3) is 6.77. The van der Waals surface area contributed by atoms with Crippen LogP contribution in [-0.2, 0) is 16.0 Å². The van der Waals surface area contributed by atoms with E-state index in [0.29, 0.717) is 29.4 Å². The molecular weight excluding hydrogens is 442 g/mol. The Morgan fingerprint density at radius 3 is 2.76 bits per heavy atom. The zero-order valence-corrected chi connectivity index (χ0v) is 19.5. The minimum Gasteiger partial charge on any atom is -0.361 e. The molecule has 3 aromatic rings. The third-order valence-electron chi connectivity index (χ3n) is 4.90. The molecule has 1 unspecified atom stereocenters. The summed E-state index contributed by atoms with van der Waals surface area (Å²) in [7, 11) is 1.85. The molecule has 0 saturated heterocycles. The Kier molecular flexibility index (Phi) is 8.79. The number of likely N-dealkylation sites (N-methyl/N-ethyl adjacent to an activating group) is 1. The van der Waals surface area contributed by atoms with Gasteiger partial charge in [-0.25, -0.2) is 4.98 Å². The van der Waals surface area contributed by atoms with E-state index in [1.807, 2.05) is 44.4 Å². The first-order valence-corrected chi connectivity index (χ1v) is 11.6. The monoisotopic (exact) mass is 471 g/mol. The number of thiazole rings is 1. The van der Waals surface area contributed by atoms with Crippen LogP contribution >= 0.6 is 11.3 Å². The van der Waals surface area contributed by atoms with Crippen LogP contribution in [-0.4, -0.2) is 53.9 Å². The van der Waals surface area contributed by atoms with Gasteiger partial charge in [-0.2, -0.15) is 0 Å². The Labute approximate surface area is 195 Å². The highest BCUT2D eigenvalue weighted by Crippen LogP contribution is 2.20. The molecule has 176 valence electrons. The average molecular weight is 472 g/mol. The zero-order valence-electron chi connectivity index (χ0n) is 18.7. The second kappa shape index (κ2) is 12.0. The van der Waals surface area contributed by atoms with Crippen LogP contribution in [0.3, 0.4) is 0 Å². The van der Waals surface area contributed by atoms with Gasteiger partial charge >= 0.3 is 0 Å². The van der Waals surface area contributed by atoms with Crippen molar-refractivity contribution in [2.75, 3.05) is 25.5 Å². The minimum absolute atomic E-state index is 0.247. The highest BCUT2D eigenvalue weighted by atomic mass is 32.1. The molecule has 3 rings (SSSR count). The molecule has 0 aliphatic heterocycles. The number of carbonyl (C=O) groups excluding carboxylic acids is 3. The van der Waals surface area contributed by atoms with Gasteiger partial charge < -0.3 is 20.9 Å². The fourth-order valence-corrected chi connectivity index (χ4v) is 3.97. The van der Waals surface area contributed by atoms with Crippen molar-refractivity contribution in [1.29, 1.82) is 0 Å². The average Bonchev–Trinajstić information content (AvgIpc) is 3.45. The topological polar surface area (TPSA) is 140 Å². The molecule has 3 amide bonds. The minimum atomic E-state index is -0.901. The molecule has 0 aliphatic carbocycles. The molecule has 33 heavy (non-hydrogen) atoms. The van der Waals surface area contributed by atoms with Crippen molar-refractivity contribution >= 4 is 45.1 Å². The quantitative estimate of drug-likeness (QED) is 0.185. The number of amides is 3. The number of hydrogen-bond donors (Lipinski definition) is 6. The molecule has 2 aromatic heterocycles. The van der Waals surface area contributed by atoms with Gasteiger partial charge in [-0.3, -0.25) is 25.2 Å². The van der Waals surface area contributed by atoms with Crippen LogP contribution in [0.4, 0.5) is 5.13 Å². The lowest BCUT2D eigenvalue weighted by molar-refractivity contribution is -0.129. The largest absolute Gasteiger partial charge is 0.361 e. The molecule has 0 fully saturated rings. The predicted octanol–water partition coefficient (Wildman–Crippen LogP) is 1.54. The molecule has 0 bridgehead atoms. The van der Waals surface area contributed by atoms with E-state index < -0.39 is 17.9 Å². The van der Waals surface area contributed by atoms with Crippen LogP contribution in [0.15, 0.2) is 36.7 Å². The maximum Gasteiger partial charge on any atom is 0.263 e. The van der Waals surface area contributed by atoms with Crippen molar-refractivity contribution in [2.45, 2.75) is 32.2 Å².